The highest BCUT2D eigenvalue weighted by Crippen LogP contribution is 2.15. The lowest BCUT2D eigenvalue weighted by atomic mass is 10.3. The molecule has 0 aliphatic carbocycles. The number of H-pyrrole nitrogens is 1. The van der Waals surface area contributed by atoms with Gasteiger partial charge in [-0.15, -0.1) is 0 Å². The summed E-state index contributed by atoms with van der Waals surface area (Å²) in [6.07, 6.45) is 5.03. The molecule has 0 atom stereocenters. The molecule has 66 valence electrons. The first-order chi connectivity index (χ1) is 6.40. The number of nitrogens with one attached hydrogen (secondary N) is 1. The minimum absolute atomic E-state index is 0.753. The van der Waals surface area contributed by atoms with Crippen molar-refractivity contribution in [2.75, 3.05) is 7.11 Å². The highest BCUT2D eigenvalue weighted by molar-refractivity contribution is 5.52. The van der Waals surface area contributed by atoms with Crippen molar-refractivity contribution in [3.8, 4) is 17.1 Å². The van der Waals surface area contributed by atoms with Gasteiger partial charge in [-0.25, -0.2) is 4.98 Å². The summed E-state index contributed by atoms with van der Waals surface area (Å²) in [6.45, 7) is 0. The number of pyridine rings is 1. The number of rotatable bonds is 2. The van der Waals surface area contributed by atoms with Crippen LogP contribution in [0.4, 0.5) is 0 Å². The maximum absolute atomic E-state index is 5.00. The molecule has 2 aromatic heterocycles. The average molecular weight is 175 g/mol. The lowest BCUT2D eigenvalue weighted by molar-refractivity contribution is 0.413. The predicted octanol–water partition coefficient (Wildman–Crippen LogP) is 1.48. The van der Waals surface area contributed by atoms with Crippen LogP contribution in [0.5, 0.6) is 5.75 Å². The standard InChI is InChI=1S/C9H9N3O/c1-13-7-2-3-8(11-4-7)9-5-10-6-12-9/h2-6H,1H3,(H,10,12). The highest BCUT2D eigenvalue weighted by atomic mass is 16.5. The van der Waals surface area contributed by atoms with Gasteiger partial charge in [0.2, 0.25) is 0 Å². The Morgan fingerprint density at radius 3 is 2.77 bits per heavy atom. The van der Waals surface area contributed by atoms with Crippen molar-refractivity contribution in [1.29, 1.82) is 0 Å². The van der Waals surface area contributed by atoms with E-state index in [9.17, 15) is 0 Å². The van der Waals surface area contributed by atoms with E-state index in [4.69, 9.17) is 4.74 Å². The maximum Gasteiger partial charge on any atom is 0.137 e. The van der Waals surface area contributed by atoms with Gasteiger partial charge >= 0.3 is 0 Å². The molecule has 0 unspecified atom stereocenters. The third kappa shape index (κ3) is 1.51. The quantitative estimate of drug-likeness (QED) is 0.752. The second kappa shape index (κ2) is 3.26. The molecule has 4 nitrogen and oxygen atoms in total. The number of ether oxygens (including phenoxy) is 1. The summed E-state index contributed by atoms with van der Waals surface area (Å²) >= 11 is 0. The van der Waals surface area contributed by atoms with Crippen LogP contribution in [0.1, 0.15) is 0 Å². The zero-order chi connectivity index (χ0) is 9.10. The second-order valence-corrected chi connectivity index (χ2v) is 2.55. The molecule has 0 aromatic carbocycles. The van der Waals surface area contributed by atoms with Gasteiger partial charge in [0.05, 0.1) is 37.2 Å². The lowest BCUT2D eigenvalue weighted by Gasteiger charge is -1.99. The summed E-state index contributed by atoms with van der Waals surface area (Å²) < 4.78 is 5.00. The first kappa shape index (κ1) is 7.79. The number of nitrogens with zero attached hydrogens (tertiary/aromatic N) is 2. The van der Waals surface area contributed by atoms with E-state index >= 15 is 0 Å². The minimum atomic E-state index is 0.753. The molecule has 0 fully saturated rings. The fourth-order valence-corrected chi connectivity index (χ4v) is 1.06. The van der Waals surface area contributed by atoms with Crippen molar-refractivity contribution in [1.82, 2.24) is 15.0 Å². The van der Waals surface area contributed by atoms with E-state index in [2.05, 4.69) is 15.0 Å². The number of aromatic amines is 1. The SMILES string of the molecule is COc1ccc(-c2cnc[nH]2)nc1. The molecule has 4 heteroatoms. The Bertz CT molecular complexity index is 366. The number of imidazole rings is 1. The zero-order valence-electron chi connectivity index (χ0n) is 7.19. The third-order valence-corrected chi connectivity index (χ3v) is 1.75. The highest BCUT2D eigenvalue weighted by Gasteiger charge is 1.99. The summed E-state index contributed by atoms with van der Waals surface area (Å²) in [5.41, 5.74) is 1.76. The van der Waals surface area contributed by atoms with E-state index in [1.54, 1.807) is 25.8 Å². The Kier molecular flexibility index (Phi) is 1.96. The van der Waals surface area contributed by atoms with Gasteiger partial charge in [-0.3, -0.25) is 4.98 Å². The predicted molar refractivity (Wildman–Crippen MR) is 48.4 cm³/mol. The van der Waals surface area contributed by atoms with Crippen molar-refractivity contribution in [3.63, 3.8) is 0 Å². The van der Waals surface area contributed by atoms with Gasteiger partial charge < -0.3 is 9.72 Å². The van der Waals surface area contributed by atoms with Crippen molar-refractivity contribution in [2.24, 2.45) is 0 Å². The Morgan fingerprint density at radius 1 is 1.31 bits per heavy atom. The van der Waals surface area contributed by atoms with Crippen LogP contribution in [0.2, 0.25) is 0 Å². The van der Waals surface area contributed by atoms with E-state index in [-0.39, 0.29) is 0 Å². The number of methoxy groups -OCH3 is 1. The van der Waals surface area contributed by atoms with Crippen LogP contribution in [0.3, 0.4) is 0 Å². The van der Waals surface area contributed by atoms with Gasteiger partial charge in [-0.2, -0.15) is 0 Å². The van der Waals surface area contributed by atoms with Gasteiger partial charge in [0.1, 0.15) is 5.75 Å². The van der Waals surface area contributed by atoms with Gasteiger partial charge in [-0.05, 0) is 12.1 Å². The molecular weight excluding hydrogens is 166 g/mol. The molecule has 0 radical (unpaired) electrons. The van der Waals surface area contributed by atoms with Crippen molar-refractivity contribution in [3.05, 3.63) is 30.9 Å². The topological polar surface area (TPSA) is 50.8 Å². The number of hydrogen-bond donors (Lipinski definition) is 1. The molecule has 0 bridgehead atoms. The van der Waals surface area contributed by atoms with Crippen LogP contribution in [0.25, 0.3) is 11.4 Å². The molecule has 0 aliphatic rings. The van der Waals surface area contributed by atoms with E-state index < -0.39 is 0 Å². The number of aromatic nitrogens is 3. The monoisotopic (exact) mass is 175 g/mol. The molecule has 1 N–H and O–H groups in total. The van der Waals surface area contributed by atoms with Crippen molar-refractivity contribution in [2.45, 2.75) is 0 Å². The molecule has 0 aliphatic heterocycles. The smallest absolute Gasteiger partial charge is 0.137 e. The summed E-state index contributed by atoms with van der Waals surface area (Å²) in [5.74, 6) is 0.753. The first-order valence-corrected chi connectivity index (χ1v) is 3.89. The molecule has 2 rings (SSSR count). The van der Waals surface area contributed by atoms with E-state index in [1.807, 2.05) is 12.1 Å². The van der Waals surface area contributed by atoms with Gasteiger partial charge in [0.25, 0.3) is 0 Å². The third-order valence-electron chi connectivity index (χ3n) is 1.75. The van der Waals surface area contributed by atoms with E-state index in [0.29, 0.717) is 0 Å². The van der Waals surface area contributed by atoms with Crippen LogP contribution in [0.15, 0.2) is 30.9 Å². The Labute approximate surface area is 75.6 Å². The van der Waals surface area contributed by atoms with Crippen molar-refractivity contribution < 1.29 is 4.74 Å². The number of hydrogen-bond acceptors (Lipinski definition) is 3. The summed E-state index contributed by atoms with van der Waals surface area (Å²) in [6, 6.07) is 3.75. The largest absolute Gasteiger partial charge is 0.495 e. The molecular formula is C9H9N3O. The fourth-order valence-electron chi connectivity index (χ4n) is 1.06. The minimum Gasteiger partial charge on any atom is -0.495 e. The zero-order valence-corrected chi connectivity index (χ0v) is 7.19. The summed E-state index contributed by atoms with van der Waals surface area (Å²) in [4.78, 5) is 11.1. The Hall–Kier alpha value is -1.84. The molecule has 2 heterocycles. The molecule has 0 amide bonds. The summed E-state index contributed by atoms with van der Waals surface area (Å²) in [7, 11) is 1.62. The van der Waals surface area contributed by atoms with Gasteiger partial charge in [0.15, 0.2) is 0 Å². The molecule has 0 saturated heterocycles. The molecule has 2 aromatic rings. The second-order valence-electron chi connectivity index (χ2n) is 2.55. The molecule has 13 heavy (non-hydrogen) atoms. The Balaban J connectivity index is 2.33. The van der Waals surface area contributed by atoms with Crippen LogP contribution in [0, 0.1) is 0 Å². The fraction of sp³-hybridized carbons (Fsp3) is 0.111. The normalized spacial score (nSPS) is 9.92. The van der Waals surface area contributed by atoms with E-state index in [1.165, 1.54) is 0 Å². The van der Waals surface area contributed by atoms with Gasteiger partial charge in [0, 0.05) is 0 Å². The average Bonchev–Trinajstić information content (AvgIpc) is 2.71. The molecule has 0 saturated carbocycles. The van der Waals surface area contributed by atoms with Crippen LogP contribution in [-0.4, -0.2) is 22.1 Å². The van der Waals surface area contributed by atoms with Crippen LogP contribution >= 0.6 is 0 Å². The van der Waals surface area contributed by atoms with E-state index in [0.717, 1.165) is 17.1 Å². The van der Waals surface area contributed by atoms with Crippen LogP contribution in [-0.2, 0) is 0 Å². The molecule has 0 spiro atoms. The van der Waals surface area contributed by atoms with Gasteiger partial charge in [-0.1, -0.05) is 0 Å². The van der Waals surface area contributed by atoms with Crippen molar-refractivity contribution >= 4 is 0 Å². The maximum atomic E-state index is 5.00. The lowest BCUT2D eigenvalue weighted by Crippen LogP contribution is -1.86. The van der Waals surface area contributed by atoms with Crippen LogP contribution < -0.4 is 4.74 Å². The Morgan fingerprint density at radius 2 is 2.23 bits per heavy atom. The first-order valence-electron chi connectivity index (χ1n) is 3.89. The summed E-state index contributed by atoms with van der Waals surface area (Å²) in [5, 5.41) is 0.